The van der Waals surface area contributed by atoms with Gasteiger partial charge in [-0.15, -0.1) is 0 Å². The number of aryl methyl sites for hydroxylation is 1. The molecule has 2 aromatic heterocycles. The fourth-order valence-electron chi connectivity index (χ4n) is 4.36. The Morgan fingerprint density at radius 2 is 1.89 bits per heavy atom. The summed E-state index contributed by atoms with van der Waals surface area (Å²) in [5.41, 5.74) is 1.67. The molecule has 0 N–H and O–H groups in total. The lowest BCUT2D eigenvalue weighted by Gasteiger charge is -2.34. The molecule has 0 bridgehead atoms. The number of sulfonamides is 1. The van der Waals surface area contributed by atoms with Crippen LogP contribution in [0.3, 0.4) is 0 Å². The number of fused-ring (bicyclic) bond motifs is 1. The summed E-state index contributed by atoms with van der Waals surface area (Å²) in [5.74, 6) is 1.68. The standard InChI is InChI=1S/C21H24N4O2S/c1-15-13-23-21(17-9-10-17)25(15)18-7-4-12-24(14-18)28(26,27)19-8-2-5-16-6-3-11-22-20(16)19/h2-3,5-6,8,11,13,17-18H,4,7,9-10,12,14H2,1H3. The van der Waals surface area contributed by atoms with Crippen LogP contribution in [0.15, 0.2) is 47.6 Å². The van der Waals surface area contributed by atoms with Crippen LogP contribution in [0.2, 0.25) is 0 Å². The molecular formula is C21H24N4O2S. The van der Waals surface area contributed by atoms with Gasteiger partial charge in [-0.25, -0.2) is 13.4 Å². The Kier molecular flexibility index (Phi) is 4.25. The number of hydrogen-bond acceptors (Lipinski definition) is 4. The number of hydrogen-bond donors (Lipinski definition) is 0. The fourth-order valence-corrected chi connectivity index (χ4v) is 6.04. The highest BCUT2D eigenvalue weighted by atomic mass is 32.2. The summed E-state index contributed by atoms with van der Waals surface area (Å²) in [6, 6.07) is 9.24. The topological polar surface area (TPSA) is 68.1 Å². The maximum absolute atomic E-state index is 13.5. The zero-order valence-corrected chi connectivity index (χ0v) is 16.8. The lowest BCUT2D eigenvalue weighted by atomic mass is 10.1. The second-order valence-corrected chi connectivity index (χ2v) is 9.80. The van der Waals surface area contributed by atoms with E-state index in [0.717, 1.165) is 29.7 Å². The molecule has 3 heterocycles. The number of rotatable bonds is 4. The molecule has 2 fully saturated rings. The molecular weight excluding hydrogens is 372 g/mol. The van der Waals surface area contributed by atoms with Crippen molar-refractivity contribution in [3.05, 3.63) is 54.2 Å². The molecule has 7 heteroatoms. The lowest BCUT2D eigenvalue weighted by molar-refractivity contribution is 0.261. The van der Waals surface area contributed by atoms with Crippen LogP contribution in [0.5, 0.6) is 0 Å². The van der Waals surface area contributed by atoms with Crippen molar-refractivity contribution in [2.45, 2.75) is 49.5 Å². The van der Waals surface area contributed by atoms with Crippen molar-refractivity contribution >= 4 is 20.9 Å². The van der Waals surface area contributed by atoms with Crippen molar-refractivity contribution in [2.24, 2.45) is 0 Å². The summed E-state index contributed by atoms with van der Waals surface area (Å²) in [6.45, 7) is 3.11. The smallest absolute Gasteiger partial charge is 0.245 e. The molecule has 6 nitrogen and oxygen atoms in total. The second kappa shape index (κ2) is 6.67. The van der Waals surface area contributed by atoms with Gasteiger partial charge in [0.15, 0.2) is 0 Å². The normalized spacial score (nSPS) is 21.2. The van der Waals surface area contributed by atoms with E-state index in [1.807, 2.05) is 24.4 Å². The van der Waals surface area contributed by atoms with Gasteiger partial charge < -0.3 is 4.57 Å². The van der Waals surface area contributed by atoms with Crippen molar-refractivity contribution in [3.8, 4) is 0 Å². The van der Waals surface area contributed by atoms with E-state index in [2.05, 4.69) is 21.5 Å². The van der Waals surface area contributed by atoms with Gasteiger partial charge in [0.25, 0.3) is 0 Å². The first kappa shape index (κ1) is 17.8. The molecule has 1 atom stereocenters. The summed E-state index contributed by atoms with van der Waals surface area (Å²) < 4.78 is 30.9. The predicted octanol–water partition coefficient (Wildman–Crippen LogP) is 3.64. The van der Waals surface area contributed by atoms with E-state index in [1.54, 1.807) is 22.6 Å². The summed E-state index contributed by atoms with van der Waals surface area (Å²) in [7, 11) is -3.61. The molecule has 1 saturated carbocycles. The van der Waals surface area contributed by atoms with E-state index in [-0.39, 0.29) is 6.04 Å². The number of benzene rings is 1. The van der Waals surface area contributed by atoms with Crippen molar-refractivity contribution in [1.29, 1.82) is 0 Å². The predicted molar refractivity (Wildman–Crippen MR) is 108 cm³/mol. The van der Waals surface area contributed by atoms with Gasteiger partial charge in [0, 0.05) is 48.5 Å². The Balaban J connectivity index is 1.50. The van der Waals surface area contributed by atoms with Crippen molar-refractivity contribution < 1.29 is 8.42 Å². The molecule has 1 aliphatic heterocycles. The number of aromatic nitrogens is 3. The largest absolute Gasteiger partial charge is 0.328 e. The summed E-state index contributed by atoms with van der Waals surface area (Å²) >= 11 is 0. The maximum Gasteiger partial charge on any atom is 0.245 e. The Morgan fingerprint density at radius 3 is 2.71 bits per heavy atom. The van der Waals surface area contributed by atoms with Crippen LogP contribution in [0.1, 0.15) is 49.2 Å². The second-order valence-electron chi connectivity index (χ2n) is 7.89. The Hall–Kier alpha value is -2.25. The SMILES string of the molecule is Cc1cnc(C2CC2)n1C1CCCN(S(=O)(=O)c2cccc3cccnc23)C1. The van der Waals surface area contributed by atoms with E-state index in [0.29, 0.717) is 29.4 Å². The molecule has 0 spiro atoms. The minimum absolute atomic E-state index is 0.143. The van der Waals surface area contributed by atoms with Gasteiger partial charge in [0.1, 0.15) is 10.7 Å². The lowest BCUT2D eigenvalue weighted by Crippen LogP contribution is -2.41. The molecule has 2 aliphatic rings. The van der Waals surface area contributed by atoms with Crippen molar-refractivity contribution in [1.82, 2.24) is 18.8 Å². The van der Waals surface area contributed by atoms with Crippen LogP contribution in [0.25, 0.3) is 10.9 Å². The van der Waals surface area contributed by atoms with E-state index in [1.165, 1.54) is 12.8 Å². The minimum atomic E-state index is -3.61. The zero-order valence-electron chi connectivity index (χ0n) is 16.0. The van der Waals surface area contributed by atoms with Crippen LogP contribution in [-0.4, -0.2) is 40.3 Å². The Morgan fingerprint density at radius 1 is 1.07 bits per heavy atom. The van der Waals surface area contributed by atoms with Gasteiger partial charge >= 0.3 is 0 Å². The van der Waals surface area contributed by atoms with E-state index in [4.69, 9.17) is 0 Å². The molecule has 5 rings (SSSR count). The third kappa shape index (κ3) is 2.93. The minimum Gasteiger partial charge on any atom is -0.328 e. The molecule has 3 aromatic rings. The van der Waals surface area contributed by atoms with Gasteiger partial charge in [0.2, 0.25) is 10.0 Å². The first-order chi connectivity index (χ1) is 13.6. The third-order valence-electron chi connectivity index (χ3n) is 5.89. The van der Waals surface area contributed by atoms with E-state index in [9.17, 15) is 8.42 Å². The van der Waals surface area contributed by atoms with Crippen LogP contribution < -0.4 is 0 Å². The van der Waals surface area contributed by atoms with Crippen LogP contribution in [-0.2, 0) is 10.0 Å². The number of piperidine rings is 1. The summed E-state index contributed by atoms with van der Waals surface area (Å²) in [6.07, 6.45) is 7.78. The summed E-state index contributed by atoms with van der Waals surface area (Å²) in [4.78, 5) is 9.28. The van der Waals surface area contributed by atoms with Gasteiger partial charge in [-0.05, 0) is 44.7 Å². The molecule has 1 aliphatic carbocycles. The molecule has 0 amide bonds. The van der Waals surface area contributed by atoms with Gasteiger partial charge in [-0.1, -0.05) is 18.2 Å². The van der Waals surface area contributed by atoms with Crippen LogP contribution in [0.4, 0.5) is 0 Å². The van der Waals surface area contributed by atoms with Crippen LogP contribution >= 0.6 is 0 Å². The van der Waals surface area contributed by atoms with Gasteiger partial charge in [0.05, 0.1) is 5.52 Å². The monoisotopic (exact) mass is 396 g/mol. The molecule has 146 valence electrons. The summed E-state index contributed by atoms with van der Waals surface area (Å²) in [5, 5.41) is 0.846. The number of pyridine rings is 1. The molecule has 28 heavy (non-hydrogen) atoms. The van der Waals surface area contributed by atoms with Crippen LogP contribution in [0, 0.1) is 6.92 Å². The highest BCUT2D eigenvalue weighted by Crippen LogP contribution is 2.41. The zero-order chi connectivity index (χ0) is 19.3. The molecule has 1 saturated heterocycles. The average Bonchev–Trinajstić information content (AvgIpc) is 3.49. The number of para-hydroxylation sites is 1. The highest BCUT2D eigenvalue weighted by Gasteiger charge is 2.36. The molecule has 1 unspecified atom stereocenters. The quantitative estimate of drug-likeness (QED) is 0.675. The maximum atomic E-state index is 13.5. The molecule has 0 radical (unpaired) electrons. The van der Waals surface area contributed by atoms with Gasteiger partial charge in [-0.3, -0.25) is 4.98 Å². The number of nitrogens with zero attached hydrogens (tertiary/aromatic N) is 4. The van der Waals surface area contributed by atoms with Crippen molar-refractivity contribution in [2.75, 3.05) is 13.1 Å². The molecule has 1 aromatic carbocycles. The fraction of sp³-hybridized carbons (Fsp3) is 0.429. The Labute approximate surface area is 165 Å². The van der Waals surface area contributed by atoms with E-state index < -0.39 is 10.0 Å². The van der Waals surface area contributed by atoms with Gasteiger partial charge in [-0.2, -0.15) is 4.31 Å². The Bertz CT molecular complexity index is 1130. The van der Waals surface area contributed by atoms with Crippen molar-refractivity contribution in [3.63, 3.8) is 0 Å². The average molecular weight is 397 g/mol. The first-order valence-corrected chi connectivity index (χ1v) is 11.4. The number of imidazole rings is 1. The first-order valence-electron chi connectivity index (χ1n) is 9.93. The third-order valence-corrected chi connectivity index (χ3v) is 7.79. The van der Waals surface area contributed by atoms with E-state index >= 15 is 0 Å². The highest BCUT2D eigenvalue weighted by molar-refractivity contribution is 7.89.